The third-order valence-electron chi connectivity index (χ3n) is 6.29. The van der Waals surface area contributed by atoms with Gasteiger partial charge in [-0.05, 0) is 13.8 Å². The molecule has 7 N–H and O–H groups in total. The topological polar surface area (TPSA) is 353 Å². The van der Waals surface area contributed by atoms with Gasteiger partial charge in [-0.2, -0.15) is 8.42 Å². The number of aliphatic hydroxyl groups is 2. The zero-order valence-electron chi connectivity index (χ0n) is 26.5. The van der Waals surface area contributed by atoms with Crippen LogP contribution in [0.1, 0.15) is 19.5 Å². The molecule has 2 atom stereocenters. The number of carboxylic acids is 1. The second kappa shape index (κ2) is 16.6. The Bertz CT molecular complexity index is 2070. The van der Waals surface area contributed by atoms with Crippen molar-refractivity contribution in [2.45, 2.75) is 38.1 Å². The van der Waals surface area contributed by atoms with Crippen LogP contribution < -0.4 is 91.5 Å². The molecule has 258 valence electrons. The van der Waals surface area contributed by atoms with Gasteiger partial charge in [-0.3, -0.25) is 19.0 Å². The number of carbonyl (C=O) groups is 3. The number of H-pyrrole nitrogens is 1. The smallest absolute Gasteiger partial charge is 0.845 e. The van der Waals surface area contributed by atoms with E-state index in [1.807, 2.05) is 0 Å². The molecule has 2 amide bonds. The van der Waals surface area contributed by atoms with E-state index in [-0.39, 0.29) is 79.7 Å². The van der Waals surface area contributed by atoms with E-state index in [4.69, 9.17) is 10.6 Å². The Morgan fingerprint density at radius 2 is 1.94 bits per heavy atom. The summed E-state index contributed by atoms with van der Waals surface area (Å²) < 4.78 is 29.1. The van der Waals surface area contributed by atoms with Gasteiger partial charge in [0.05, 0.1) is 43.5 Å². The number of nitrogens with one attached hydrogen (secondary N) is 2. The van der Waals surface area contributed by atoms with Crippen molar-refractivity contribution in [1.82, 2.24) is 33.9 Å². The molecule has 27 heteroatoms. The number of nitrogens with two attached hydrogens (primary N) is 1. The summed E-state index contributed by atoms with van der Waals surface area (Å²) in [5.74, 6) is -5.24. The second-order valence-electron chi connectivity index (χ2n) is 10.2. The zero-order chi connectivity index (χ0) is 35.7. The van der Waals surface area contributed by atoms with Crippen LogP contribution in [0.15, 0.2) is 36.8 Å². The van der Waals surface area contributed by atoms with Crippen molar-refractivity contribution >= 4 is 56.2 Å². The maximum Gasteiger partial charge on any atom is 1.00 e. The zero-order valence-corrected chi connectivity index (χ0v) is 32.1. The standard InChI is InChI=1S/C23H26N10O13S2.2Na/c1-23(2,19(40)41)46-29-15(12-8-47-20(24)27-12)17(38)26-11-6-32(18(11)39)21(42)30-48(44,45)33-22(43)31(5-9(35)7-34)16(28-33)10-3-13(36)14(37)4-25-10;;/h3-4,8-9,11,34-35,37H,5-7H2,1-2H3,(H2,24,27)(H,25,36)(H,26,38)(H,30,42)(H,40,41);;/q;2*+1/p-2/b29-15-;;/t9-,11-;;/m0../s1. The molecule has 50 heavy (non-hydrogen) atoms. The number of aliphatic hydroxyl groups excluding tert-OH is 2. The van der Waals surface area contributed by atoms with Gasteiger partial charge in [-0.1, -0.05) is 9.24 Å². The number of aromatic amines is 1. The number of hydrogen-bond acceptors (Lipinski definition) is 18. The number of hydrogen-bond donors (Lipinski definition) is 6. The molecule has 3 aromatic heterocycles. The Kier molecular flexibility index (Phi) is 14.1. The van der Waals surface area contributed by atoms with Crippen LogP contribution in [0, 0.1) is 0 Å². The number of carboxylic acid groups (broad SMARTS) is 1. The van der Waals surface area contributed by atoms with E-state index >= 15 is 0 Å². The number of oxime groups is 1. The fraction of sp³-hybridized carbons (Fsp3) is 0.348. The summed E-state index contributed by atoms with van der Waals surface area (Å²) in [6.45, 7) is -0.0636. The number of amidine groups is 1. The van der Waals surface area contributed by atoms with Crippen LogP contribution in [0.3, 0.4) is 0 Å². The first-order chi connectivity index (χ1) is 22.4. The first kappa shape index (κ1) is 42.5. The van der Waals surface area contributed by atoms with Crippen LogP contribution in [0.4, 0.5) is 5.13 Å². The van der Waals surface area contributed by atoms with Gasteiger partial charge in [-0.25, -0.2) is 9.78 Å². The summed E-state index contributed by atoms with van der Waals surface area (Å²) in [4.78, 5) is 73.3. The number of amides is 2. The molecule has 1 aliphatic heterocycles. The summed E-state index contributed by atoms with van der Waals surface area (Å²) in [7, 11) is -5.35. The molecule has 1 aliphatic rings. The number of rotatable bonds is 12. The number of nitrogen functional groups attached to an aromatic ring is 1. The van der Waals surface area contributed by atoms with Gasteiger partial charge < -0.3 is 56.1 Å². The van der Waals surface area contributed by atoms with E-state index in [9.17, 15) is 57.9 Å². The van der Waals surface area contributed by atoms with E-state index in [1.165, 1.54) is 5.38 Å². The van der Waals surface area contributed by atoms with Crippen molar-refractivity contribution in [3.8, 4) is 17.3 Å². The SMILES string of the molecule is CC(C)(O/N=C(\C(=O)N[C@H]1CN(C([O-])=NS(=O)(=O)n2nc(-c3cc(=O)c(O)c[nH]3)n(C[C@H](O)CO)c2=O)C1=O)c1csc(N)n1)C(=O)[O-].[Na+].[Na+]. The molecule has 1 saturated heterocycles. The van der Waals surface area contributed by atoms with Gasteiger partial charge in [0.15, 0.2) is 28.0 Å². The van der Waals surface area contributed by atoms with Crippen LogP contribution in [0.25, 0.3) is 11.5 Å². The third-order valence-corrected chi connectivity index (χ3v) is 8.02. The van der Waals surface area contributed by atoms with Crippen LogP contribution in [0.5, 0.6) is 5.75 Å². The van der Waals surface area contributed by atoms with E-state index in [0.29, 0.717) is 9.47 Å². The molecule has 0 radical (unpaired) electrons. The Labute approximate surface area is 327 Å². The fourth-order valence-corrected chi connectivity index (χ4v) is 5.07. The summed E-state index contributed by atoms with van der Waals surface area (Å²) >= 11 is 0.896. The van der Waals surface area contributed by atoms with Crippen LogP contribution in [-0.2, 0) is 36.0 Å². The number of β-lactam (4-membered cyclic amide) rings is 1. The monoisotopic (exact) mass is 758 g/mol. The number of aromatic hydroxyl groups is 1. The van der Waals surface area contributed by atoms with Crippen molar-refractivity contribution in [2.75, 3.05) is 18.9 Å². The number of pyridine rings is 1. The predicted molar refractivity (Wildman–Crippen MR) is 156 cm³/mol. The predicted octanol–water partition coefficient (Wildman–Crippen LogP) is -12.4. The molecule has 1 fully saturated rings. The largest absolute Gasteiger partial charge is 1.00 e. The number of aromatic nitrogens is 5. The van der Waals surface area contributed by atoms with Gasteiger partial charge in [0, 0.05) is 17.6 Å². The van der Waals surface area contributed by atoms with Gasteiger partial charge in [0.1, 0.15) is 11.7 Å². The number of carbonyl (C=O) groups excluding carboxylic acids is 3. The average molecular weight is 759 g/mol. The molecular weight excluding hydrogens is 734 g/mol. The number of aliphatic carboxylic acids is 1. The molecule has 4 heterocycles. The summed E-state index contributed by atoms with van der Waals surface area (Å²) in [5.41, 5.74) is 0.0703. The molecule has 0 spiro atoms. The minimum atomic E-state index is -5.35. The van der Waals surface area contributed by atoms with Crippen molar-refractivity contribution in [3.63, 3.8) is 0 Å². The normalized spacial score (nSPS) is 15.7. The Morgan fingerprint density at radius 3 is 2.48 bits per heavy atom. The molecule has 23 nitrogen and oxygen atoms in total. The molecule has 3 aromatic rings. The number of anilines is 1. The van der Waals surface area contributed by atoms with Crippen molar-refractivity contribution in [3.05, 3.63) is 44.0 Å². The maximum atomic E-state index is 13.0. The molecular formula is C23H24N10Na2O13S2. The summed E-state index contributed by atoms with van der Waals surface area (Å²) in [6.07, 6.45) is -0.801. The van der Waals surface area contributed by atoms with Gasteiger partial charge in [0.2, 0.25) is 5.43 Å². The van der Waals surface area contributed by atoms with E-state index in [1.54, 1.807) is 0 Å². The maximum absolute atomic E-state index is 13.0. The first-order valence-electron chi connectivity index (χ1n) is 13.1. The van der Waals surface area contributed by atoms with Gasteiger partial charge in [-0.15, -0.1) is 20.8 Å². The van der Waals surface area contributed by atoms with Crippen molar-refractivity contribution in [1.29, 1.82) is 0 Å². The molecule has 0 saturated carbocycles. The molecule has 0 aliphatic carbocycles. The van der Waals surface area contributed by atoms with Crippen molar-refractivity contribution in [2.24, 2.45) is 9.55 Å². The number of likely N-dealkylation sites (tertiary alicyclic amines) is 1. The van der Waals surface area contributed by atoms with Gasteiger partial charge in [0.25, 0.3) is 11.8 Å². The quantitative estimate of drug-likeness (QED) is 0.0328. The minimum Gasteiger partial charge on any atom is -0.845 e. The fourth-order valence-electron chi connectivity index (χ4n) is 3.67. The number of nitrogens with zero attached hydrogens (tertiary/aromatic N) is 7. The average Bonchev–Trinajstić information content (AvgIpc) is 3.58. The molecule has 0 aromatic carbocycles. The van der Waals surface area contributed by atoms with E-state index < -0.39 is 99.9 Å². The van der Waals surface area contributed by atoms with Crippen LogP contribution in [0.2, 0.25) is 0 Å². The van der Waals surface area contributed by atoms with E-state index in [0.717, 1.165) is 37.4 Å². The number of thiazole rings is 1. The van der Waals surface area contributed by atoms with Crippen molar-refractivity contribution < 1.29 is 112 Å². The second-order valence-corrected chi connectivity index (χ2v) is 12.5. The van der Waals surface area contributed by atoms with Crippen LogP contribution >= 0.6 is 11.3 Å². The molecule has 0 bridgehead atoms. The Morgan fingerprint density at radius 1 is 1.28 bits per heavy atom. The summed E-state index contributed by atoms with van der Waals surface area (Å²) in [6, 6.07) is -2.38. The molecule has 0 unspecified atom stereocenters. The Balaban J connectivity index is 0.00000433. The van der Waals surface area contributed by atoms with Crippen LogP contribution in [-0.4, -0.2) is 113 Å². The Hall–Kier alpha value is -3.66. The molecule has 4 rings (SSSR count). The third kappa shape index (κ3) is 9.16. The summed E-state index contributed by atoms with van der Waals surface area (Å²) in [5, 5.41) is 63.1. The van der Waals surface area contributed by atoms with Gasteiger partial charge >= 0.3 is 75.0 Å². The minimum absolute atomic E-state index is 0. The van der Waals surface area contributed by atoms with E-state index in [2.05, 4.69) is 29.9 Å². The first-order valence-corrected chi connectivity index (χ1v) is 15.4.